The van der Waals surface area contributed by atoms with Crippen LogP contribution in [0.25, 0.3) is 0 Å². The SMILES string of the molecule is N[N+]12C=CN=CC1=C(C1CCN(C(=O)[O-])CC1)N=C2I. The summed E-state index contributed by atoms with van der Waals surface area (Å²) in [5, 5.41) is 10.8. The van der Waals surface area contributed by atoms with Gasteiger partial charge < -0.3 is 14.8 Å². The number of likely N-dealkylation sites (tertiary alicyclic amines) is 1. The molecule has 8 heteroatoms. The number of fused-ring (bicyclic) bond motifs is 1. The minimum absolute atomic E-state index is 0.0695. The Kier molecular flexibility index (Phi) is 3.38. The van der Waals surface area contributed by atoms with Gasteiger partial charge in [0.2, 0.25) is 5.70 Å². The third kappa shape index (κ3) is 2.07. The molecule has 0 spiro atoms. The van der Waals surface area contributed by atoms with Gasteiger partial charge in [0.15, 0.2) is 0 Å². The molecule has 1 saturated heterocycles. The molecule has 7 nitrogen and oxygen atoms in total. The van der Waals surface area contributed by atoms with E-state index in [-0.39, 0.29) is 10.5 Å². The Bertz CT molecular complexity index is 574. The molecule has 1 atom stereocenters. The molecule has 0 radical (unpaired) electrons. The molecule has 3 aliphatic rings. The second-order valence-electron chi connectivity index (χ2n) is 5.03. The van der Waals surface area contributed by atoms with Crippen LogP contribution in [-0.2, 0) is 0 Å². The Morgan fingerprint density at radius 3 is 2.85 bits per heavy atom. The quantitative estimate of drug-likeness (QED) is 0.304. The molecule has 0 aromatic rings. The third-order valence-electron chi connectivity index (χ3n) is 3.90. The second kappa shape index (κ2) is 4.93. The number of carbonyl (C=O) groups is 1. The van der Waals surface area contributed by atoms with E-state index in [1.165, 1.54) is 4.90 Å². The van der Waals surface area contributed by atoms with E-state index in [4.69, 9.17) is 5.84 Å². The van der Waals surface area contributed by atoms with Crippen molar-refractivity contribution in [3.05, 3.63) is 23.8 Å². The molecule has 1 fully saturated rings. The molecule has 0 saturated carbocycles. The van der Waals surface area contributed by atoms with Crippen LogP contribution in [0.2, 0.25) is 0 Å². The smallest absolute Gasteiger partial charge is 0.293 e. The number of carbonyl (C=O) groups excluding carboxylic acids is 1. The highest BCUT2D eigenvalue weighted by Crippen LogP contribution is 2.37. The number of carboxylic acid groups (broad SMARTS) is 1. The summed E-state index contributed by atoms with van der Waals surface area (Å²) in [5.41, 5.74) is 1.81. The number of amidine groups is 1. The van der Waals surface area contributed by atoms with Crippen LogP contribution >= 0.6 is 22.6 Å². The summed E-state index contributed by atoms with van der Waals surface area (Å²) in [4.78, 5) is 20.9. The zero-order chi connectivity index (χ0) is 14.3. The van der Waals surface area contributed by atoms with Gasteiger partial charge in [-0.1, -0.05) is 0 Å². The third-order valence-corrected chi connectivity index (χ3v) is 4.94. The van der Waals surface area contributed by atoms with Gasteiger partial charge >= 0.3 is 0 Å². The first-order valence-corrected chi connectivity index (χ1v) is 7.44. The van der Waals surface area contributed by atoms with Gasteiger partial charge in [0, 0.05) is 19.0 Å². The predicted octanol–water partition coefficient (Wildman–Crippen LogP) is 0.304. The summed E-state index contributed by atoms with van der Waals surface area (Å²) in [5.74, 6) is 6.54. The highest BCUT2D eigenvalue weighted by molar-refractivity contribution is 14.1. The number of quaternary nitrogens is 1. The fraction of sp³-hybridized carbons (Fsp3) is 0.417. The highest BCUT2D eigenvalue weighted by atomic mass is 127. The van der Waals surface area contributed by atoms with Crippen molar-refractivity contribution in [2.45, 2.75) is 12.8 Å². The lowest BCUT2D eigenvalue weighted by atomic mass is 9.92. The number of aliphatic imine (C=N–C) groups is 2. The molecule has 1 amide bonds. The Morgan fingerprint density at radius 1 is 1.50 bits per heavy atom. The van der Waals surface area contributed by atoms with Crippen molar-refractivity contribution in [2.24, 2.45) is 21.7 Å². The van der Waals surface area contributed by atoms with Gasteiger partial charge in [0.05, 0.1) is 35.0 Å². The van der Waals surface area contributed by atoms with Crippen molar-refractivity contribution in [1.82, 2.24) is 4.90 Å². The summed E-state index contributed by atoms with van der Waals surface area (Å²) >= 11 is 2.14. The number of piperidine rings is 1. The average Bonchev–Trinajstić information content (AvgIpc) is 2.71. The molecule has 3 rings (SSSR count). The van der Waals surface area contributed by atoms with Crippen LogP contribution in [0.15, 0.2) is 33.8 Å². The first-order chi connectivity index (χ1) is 9.52. The molecule has 0 aromatic heterocycles. The van der Waals surface area contributed by atoms with E-state index in [0.29, 0.717) is 13.1 Å². The first-order valence-electron chi connectivity index (χ1n) is 6.36. The van der Waals surface area contributed by atoms with Gasteiger partial charge in [-0.25, -0.2) is 0 Å². The van der Waals surface area contributed by atoms with Crippen LogP contribution in [0, 0.1) is 5.92 Å². The molecular weight excluding hydrogens is 373 g/mol. The fourth-order valence-corrected chi connectivity index (χ4v) is 3.41. The van der Waals surface area contributed by atoms with Crippen LogP contribution in [0.5, 0.6) is 0 Å². The molecule has 106 valence electrons. The van der Waals surface area contributed by atoms with Gasteiger partial charge in [-0.05, 0) is 12.8 Å². The van der Waals surface area contributed by atoms with E-state index in [9.17, 15) is 9.90 Å². The summed E-state index contributed by atoms with van der Waals surface area (Å²) in [6.07, 6.45) is 5.57. The molecular formula is C12H14IN5O2. The fourth-order valence-electron chi connectivity index (χ4n) is 2.73. The van der Waals surface area contributed by atoms with Crippen molar-refractivity contribution in [3.8, 4) is 0 Å². The summed E-state index contributed by atoms with van der Waals surface area (Å²) in [6.45, 7) is 0.959. The average molecular weight is 387 g/mol. The van der Waals surface area contributed by atoms with E-state index in [2.05, 4.69) is 32.6 Å². The molecule has 0 aliphatic carbocycles. The normalized spacial score (nSPS) is 29.7. The summed E-state index contributed by atoms with van der Waals surface area (Å²) in [7, 11) is 0. The maximum atomic E-state index is 10.8. The number of halogens is 1. The number of amides is 1. The Labute approximate surface area is 129 Å². The zero-order valence-electron chi connectivity index (χ0n) is 10.7. The Balaban J connectivity index is 1.85. The van der Waals surface area contributed by atoms with E-state index in [1.807, 2.05) is 0 Å². The Morgan fingerprint density at radius 2 is 2.20 bits per heavy atom. The van der Waals surface area contributed by atoms with Gasteiger partial charge in [-0.15, -0.1) is 4.59 Å². The summed E-state index contributed by atoms with van der Waals surface area (Å²) in [6, 6.07) is 0. The Hall–Kier alpha value is -1.26. The highest BCUT2D eigenvalue weighted by Gasteiger charge is 2.44. The van der Waals surface area contributed by atoms with Gasteiger partial charge in [0.25, 0.3) is 3.84 Å². The van der Waals surface area contributed by atoms with Crippen LogP contribution in [0.3, 0.4) is 0 Å². The van der Waals surface area contributed by atoms with Crippen LogP contribution < -0.4 is 10.9 Å². The molecule has 2 N–H and O–H groups in total. The van der Waals surface area contributed by atoms with E-state index in [1.54, 1.807) is 18.6 Å². The standard InChI is InChI=1S/C12H14IN5O2/c13-11-16-10(9-7-15-3-6-18(9,11)14)8-1-4-17(5-2-8)12(19)20/h3,6-8H,1-2,4-5,14H2. The largest absolute Gasteiger partial charge is 0.530 e. The zero-order valence-corrected chi connectivity index (χ0v) is 12.9. The number of hydrogen-bond donors (Lipinski definition) is 1. The molecule has 0 bridgehead atoms. The van der Waals surface area contributed by atoms with Gasteiger partial charge in [0.1, 0.15) is 18.0 Å². The minimum atomic E-state index is -1.10. The van der Waals surface area contributed by atoms with Crippen molar-refractivity contribution >= 4 is 38.7 Å². The lowest BCUT2D eigenvalue weighted by Crippen LogP contribution is -2.50. The van der Waals surface area contributed by atoms with Crippen LogP contribution in [0.1, 0.15) is 12.8 Å². The van der Waals surface area contributed by atoms with Gasteiger partial charge in [-0.2, -0.15) is 10.8 Å². The first kappa shape index (κ1) is 13.7. The van der Waals surface area contributed by atoms with Crippen molar-refractivity contribution < 1.29 is 14.5 Å². The number of nitrogens with two attached hydrogens (primary N) is 1. The molecule has 1 unspecified atom stereocenters. The van der Waals surface area contributed by atoms with E-state index < -0.39 is 6.09 Å². The molecule has 0 aromatic carbocycles. The number of allylic oxidation sites excluding steroid dienone is 2. The number of hydrogen-bond acceptors (Lipinski definition) is 5. The van der Waals surface area contributed by atoms with Crippen molar-refractivity contribution in [3.63, 3.8) is 0 Å². The van der Waals surface area contributed by atoms with E-state index in [0.717, 1.165) is 28.1 Å². The van der Waals surface area contributed by atoms with Crippen LogP contribution in [-0.4, -0.2) is 38.7 Å². The number of nitrogens with zero attached hydrogens (tertiary/aromatic N) is 4. The van der Waals surface area contributed by atoms with Gasteiger partial charge in [-0.3, -0.25) is 4.99 Å². The van der Waals surface area contributed by atoms with Crippen LogP contribution in [0.4, 0.5) is 4.79 Å². The molecule has 20 heavy (non-hydrogen) atoms. The maximum absolute atomic E-state index is 10.8. The molecule has 3 aliphatic heterocycles. The topological polar surface area (TPSA) is 94.1 Å². The lowest BCUT2D eigenvalue weighted by molar-refractivity contribution is -0.745. The second-order valence-corrected chi connectivity index (χ2v) is 6.00. The lowest BCUT2D eigenvalue weighted by Gasteiger charge is -2.33. The van der Waals surface area contributed by atoms with Crippen molar-refractivity contribution in [2.75, 3.05) is 13.1 Å². The minimum Gasteiger partial charge on any atom is -0.530 e. The molecule has 3 heterocycles. The maximum Gasteiger partial charge on any atom is 0.293 e. The predicted molar refractivity (Wildman–Crippen MR) is 80.3 cm³/mol. The number of rotatable bonds is 1. The van der Waals surface area contributed by atoms with Crippen molar-refractivity contribution in [1.29, 1.82) is 0 Å². The monoisotopic (exact) mass is 387 g/mol. The summed E-state index contributed by atoms with van der Waals surface area (Å²) < 4.78 is 0.845. The van der Waals surface area contributed by atoms with E-state index >= 15 is 0 Å².